The van der Waals surface area contributed by atoms with Crippen LogP contribution in [0.1, 0.15) is 15.9 Å². The van der Waals surface area contributed by atoms with Gasteiger partial charge in [0, 0.05) is 4.47 Å². The van der Waals surface area contributed by atoms with Crippen molar-refractivity contribution in [2.45, 2.75) is 6.18 Å². The van der Waals surface area contributed by atoms with Crippen LogP contribution in [0.5, 0.6) is 0 Å². The summed E-state index contributed by atoms with van der Waals surface area (Å²) < 4.78 is 37.2. The first-order valence-corrected chi connectivity index (χ1v) is 4.57. The third kappa shape index (κ3) is 2.21. The second kappa shape index (κ2) is 4.20. The van der Waals surface area contributed by atoms with Gasteiger partial charge in [0.15, 0.2) is 6.29 Å². The van der Waals surface area contributed by atoms with E-state index in [1.807, 2.05) is 0 Å². The maximum Gasteiger partial charge on any atom is 0.423 e. The molecule has 1 aromatic rings. The molecule has 0 bridgehead atoms. The molecule has 0 saturated heterocycles. The Balaban J connectivity index is 3.65. The zero-order valence-corrected chi connectivity index (χ0v) is 9.00. The average Bonchev–Trinajstić information content (AvgIpc) is 2.14. The minimum Gasteiger partial charge on any atom is -0.298 e. The number of benzene rings is 1. The number of nitrogens with zero attached hydrogens (tertiary/aromatic N) is 1. The molecule has 4 nitrogen and oxygen atoms in total. The Hall–Kier alpha value is -1.44. The van der Waals surface area contributed by atoms with Crippen LogP contribution < -0.4 is 0 Å². The van der Waals surface area contributed by atoms with Crippen molar-refractivity contribution >= 4 is 27.9 Å². The van der Waals surface area contributed by atoms with E-state index in [1.54, 1.807) is 0 Å². The van der Waals surface area contributed by atoms with Gasteiger partial charge in [-0.25, -0.2) is 0 Å². The number of hydrogen-bond donors (Lipinski definition) is 0. The minimum atomic E-state index is -4.87. The van der Waals surface area contributed by atoms with Crippen LogP contribution >= 0.6 is 15.9 Å². The highest BCUT2D eigenvalue weighted by molar-refractivity contribution is 9.10. The molecule has 0 aliphatic heterocycles. The van der Waals surface area contributed by atoms with E-state index >= 15 is 0 Å². The van der Waals surface area contributed by atoms with Gasteiger partial charge in [0.2, 0.25) is 0 Å². The molecule has 0 fully saturated rings. The van der Waals surface area contributed by atoms with Crippen molar-refractivity contribution in [2.75, 3.05) is 0 Å². The van der Waals surface area contributed by atoms with Crippen LogP contribution in [-0.2, 0) is 6.18 Å². The lowest BCUT2D eigenvalue weighted by atomic mass is 10.1. The minimum absolute atomic E-state index is 0.0114. The highest BCUT2D eigenvalue weighted by Crippen LogP contribution is 2.39. The van der Waals surface area contributed by atoms with E-state index in [-0.39, 0.29) is 10.8 Å². The lowest BCUT2D eigenvalue weighted by Gasteiger charge is -2.09. The van der Waals surface area contributed by atoms with Crippen LogP contribution in [0.25, 0.3) is 0 Å². The first-order chi connectivity index (χ1) is 7.29. The van der Waals surface area contributed by atoms with Crippen molar-refractivity contribution in [3.63, 3.8) is 0 Å². The van der Waals surface area contributed by atoms with Gasteiger partial charge in [-0.2, -0.15) is 13.2 Å². The number of carbonyl (C=O) groups excluding carboxylic acids is 1. The van der Waals surface area contributed by atoms with Crippen LogP contribution in [0.4, 0.5) is 18.9 Å². The van der Waals surface area contributed by atoms with Crippen molar-refractivity contribution in [3.8, 4) is 0 Å². The number of carbonyl (C=O) groups is 1. The third-order valence-electron chi connectivity index (χ3n) is 1.77. The molecule has 1 aromatic carbocycles. The number of hydrogen-bond acceptors (Lipinski definition) is 3. The van der Waals surface area contributed by atoms with Crippen LogP contribution in [0, 0.1) is 10.1 Å². The molecule has 0 aliphatic rings. The fourth-order valence-corrected chi connectivity index (χ4v) is 1.53. The van der Waals surface area contributed by atoms with Gasteiger partial charge in [-0.05, 0) is 28.1 Å². The molecule has 0 saturated carbocycles. The Bertz CT molecular complexity index is 459. The highest BCUT2D eigenvalue weighted by Gasteiger charge is 2.40. The van der Waals surface area contributed by atoms with E-state index in [0.717, 1.165) is 6.07 Å². The molecular formula is C8H3BrF3NO3. The van der Waals surface area contributed by atoms with Gasteiger partial charge < -0.3 is 0 Å². The normalized spacial score (nSPS) is 11.2. The van der Waals surface area contributed by atoms with E-state index < -0.39 is 27.9 Å². The SMILES string of the molecule is O=Cc1c(Br)ccc(C(F)(F)F)c1[N+](=O)[O-]. The second-order valence-electron chi connectivity index (χ2n) is 2.73. The lowest BCUT2D eigenvalue weighted by Crippen LogP contribution is -2.11. The monoisotopic (exact) mass is 297 g/mol. The molecule has 0 heterocycles. The predicted molar refractivity (Wildman–Crippen MR) is 51.2 cm³/mol. The van der Waals surface area contributed by atoms with E-state index in [0.29, 0.717) is 6.07 Å². The number of nitro groups is 1. The van der Waals surface area contributed by atoms with Crippen molar-refractivity contribution in [1.82, 2.24) is 0 Å². The van der Waals surface area contributed by atoms with Crippen LogP contribution in [-0.4, -0.2) is 11.2 Å². The number of rotatable bonds is 2. The number of aldehydes is 1. The van der Waals surface area contributed by atoms with E-state index in [9.17, 15) is 28.1 Å². The zero-order valence-electron chi connectivity index (χ0n) is 7.42. The summed E-state index contributed by atoms with van der Waals surface area (Å²) in [5.74, 6) is 0. The summed E-state index contributed by atoms with van der Waals surface area (Å²) in [5, 5.41) is 10.5. The van der Waals surface area contributed by atoms with Crippen molar-refractivity contribution in [1.29, 1.82) is 0 Å². The van der Waals surface area contributed by atoms with Gasteiger partial charge in [0.1, 0.15) is 11.1 Å². The van der Waals surface area contributed by atoms with E-state index in [4.69, 9.17) is 0 Å². The molecule has 0 amide bonds. The largest absolute Gasteiger partial charge is 0.423 e. The van der Waals surface area contributed by atoms with Gasteiger partial charge in [0.25, 0.3) is 5.69 Å². The van der Waals surface area contributed by atoms with E-state index in [1.165, 1.54) is 0 Å². The fourth-order valence-electron chi connectivity index (χ4n) is 1.12. The summed E-state index contributed by atoms with van der Waals surface area (Å²) >= 11 is 2.77. The summed E-state index contributed by atoms with van der Waals surface area (Å²) in [6.07, 6.45) is -4.86. The summed E-state index contributed by atoms with van der Waals surface area (Å²) in [6, 6.07) is 1.49. The smallest absolute Gasteiger partial charge is 0.298 e. The number of alkyl halides is 3. The van der Waals surface area contributed by atoms with Gasteiger partial charge in [-0.3, -0.25) is 14.9 Å². The molecule has 0 atom stereocenters. The molecule has 1 rings (SSSR count). The van der Waals surface area contributed by atoms with Crippen molar-refractivity contribution in [3.05, 3.63) is 37.8 Å². The molecule has 0 unspecified atom stereocenters. The summed E-state index contributed by atoms with van der Waals surface area (Å²) in [7, 11) is 0. The molecule has 86 valence electrons. The first-order valence-electron chi connectivity index (χ1n) is 3.78. The van der Waals surface area contributed by atoms with Crippen molar-refractivity contribution < 1.29 is 22.9 Å². The maximum absolute atomic E-state index is 12.4. The molecule has 0 aliphatic carbocycles. The van der Waals surface area contributed by atoms with Crippen molar-refractivity contribution in [2.24, 2.45) is 0 Å². The lowest BCUT2D eigenvalue weighted by molar-refractivity contribution is -0.388. The van der Waals surface area contributed by atoms with Gasteiger partial charge in [-0.1, -0.05) is 0 Å². The van der Waals surface area contributed by atoms with Crippen LogP contribution in [0.2, 0.25) is 0 Å². The quantitative estimate of drug-likeness (QED) is 0.478. The number of halogens is 4. The summed E-state index contributed by atoms with van der Waals surface area (Å²) in [4.78, 5) is 19.8. The molecule has 0 N–H and O–H groups in total. The molecule has 0 aromatic heterocycles. The predicted octanol–water partition coefficient (Wildman–Crippen LogP) is 3.19. The molecule has 8 heteroatoms. The Morgan fingerprint density at radius 3 is 2.31 bits per heavy atom. The van der Waals surface area contributed by atoms with Gasteiger partial charge in [-0.15, -0.1) is 0 Å². The maximum atomic E-state index is 12.4. The molecule has 0 spiro atoms. The Labute approximate surface area is 95.3 Å². The Kier molecular flexibility index (Phi) is 3.32. The van der Waals surface area contributed by atoms with Gasteiger partial charge >= 0.3 is 6.18 Å². The zero-order chi connectivity index (χ0) is 12.5. The average molecular weight is 298 g/mol. The van der Waals surface area contributed by atoms with Gasteiger partial charge in [0.05, 0.1) is 4.92 Å². The Morgan fingerprint density at radius 2 is 1.94 bits per heavy atom. The summed E-state index contributed by atoms with van der Waals surface area (Å²) in [6.45, 7) is 0. The molecule has 0 radical (unpaired) electrons. The van der Waals surface area contributed by atoms with Crippen LogP contribution in [0.15, 0.2) is 16.6 Å². The topological polar surface area (TPSA) is 60.2 Å². The summed E-state index contributed by atoms with van der Waals surface area (Å²) in [5.41, 5.74) is -3.31. The Morgan fingerprint density at radius 1 is 1.38 bits per heavy atom. The molecular weight excluding hydrogens is 295 g/mol. The third-order valence-corrected chi connectivity index (χ3v) is 2.46. The fraction of sp³-hybridized carbons (Fsp3) is 0.125. The highest BCUT2D eigenvalue weighted by atomic mass is 79.9. The second-order valence-corrected chi connectivity index (χ2v) is 3.58. The van der Waals surface area contributed by atoms with Crippen LogP contribution in [0.3, 0.4) is 0 Å². The number of nitro benzene ring substituents is 1. The molecule has 16 heavy (non-hydrogen) atoms. The van der Waals surface area contributed by atoms with E-state index in [2.05, 4.69) is 15.9 Å². The standard InChI is InChI=1S/C8H3BrF3NO3/c9-6-2-1-5(8(10,11)12)7(13(15)16)4(6)3-14/h1-3H. The first kappa shape index (κ1) is 12.6.